The normalized spacial score (nSPS) is 10.6. The van der Waals surface area contributed by atoms with Crippen molar-refractivity contribution in [3.8, 4) is 11.5 Å². The molecule has 5 heteroatoms. The molecule has 0 saturated heterocycles. The van der Waals surface area contributed by atoms with Crippen LogP contribution in [0.5, 0.6) is 11.5 Å². The quantitative estimate of drug-likeness (QED) is 0.790. The standard InChI is InChI=1S/C19H20FNO3/c1-3-24-17-10-8-14(12-18(17)23-2)9-11-19(22)21-13-15-6-4-5-7-16(15)20/h4-12H,3,13H2,1-2H3,(H,21,22)/b11-9+. The van der Waals surface area contributed by atoms with Crippen LogP contribution in [0.15, 0.2) is 48.5 Å². The highest BCUT2D eigenvalue weighted by atomic mass is 19.1. The first-order chi connectivity index (χ1) is 11.6. The smallest absolute Gasteiger partial charge is 0.244 e. The van der Waals surface area contributed by atoms with Crippen molar-refractivity contribution in [1.29, 1.82) is 0 Å². The summed E-state index contributed by atoms with van der Waals surface area (Å²) >= 11 is 0. The third kappa shape index (κ3) is 4.84. The van der Waals surface area contributed by atoms with Crippen LogP contribution in [0.1, 0.15) is 18.1 Å². The van der Waals surface area contributed by atoms with Gasteiger partial charge in [-0.05, 0) is 36.8 Å². The SMILES string of the molecule is CCOc1ccc(/C=C/C(=O)NCc2ccccc2F)cc1OC. The van der Waals surface area contributed by atoms with Crippen molar-refractivity contribution >= 4 is 12.0 Å². The van der Waals surface area contributed by atoms with E-state index in [1.807, 2.05) is 13.0 Å². The Morgan fingerprint density at radius 1 is 1.21 bits per heavy atom. The van der Waals surface area contributed by atoms with Gasteiger partial charge in [-0.3, -0.25) is 4.79 Å². The number of ether oxygens (including phenoxy) is 2. The number of halogens is 1. The maximum Gasteiger partial charge on any atom is 0.244 e. The first-order valence-corrected chi connectivity index (χ1v) is 7.64. The van der Waals surface area contributed by atoms with Crippen LogP contribution in [0, 0.1) is 5.82 Å². The number of amides is 1. The fourth-order valence-electron chi connectivity index (χ4n) is 2.12. The van der Waals surface area contributed by atoms with E-state index in [1.165, 1.54) is 12.1 Å². The van der Waals surface area contributed by atoms with Crippen LogP contribution < -0.4 is 14.8 Å². The first kappa shape index (κ1) is 17.5. The van der Waals surface area contributed by atoms with Crippen molar-refractivity contribution in [3.05, 3.63) is 65.5 Å². The average molecular weight is 329 g/mol. The van der Waals surface area contributed by atoms with Crippen LogP contribution in [0.4, 0.5) is 4.39 Å². The highest BCUT2D eigenvalue weighted by Crippen LogP contribution is 2.28. The van der Waals surface area contributed by atoms with E-state index >= 15 is 0 Å². The summed E-state index contributed by atoms with van der Waals surface area (Å²) in [6.07, 6.45) is 3.06. The molecule has 1 N–H and O–H groups in total. The van der Waals surface area contributed by atoms with Crippen LogP contribution in [-0.2, 0) is 11.3 Å². The molecule has 24 heavy (non-hydrogen) atoms. The Labute approximate surface area is 140 Å². The van der Waals surface area contributed by atoms with Crippen LogP contribution >= 0.6 is 0 Å². The molecule has 0 saturated carbocycles. The van der Waals surface area contributed by atoms with Gasteiger partial charge < -0.3 is 14.8 Å². The Bertz CT molecular complexity index is 728. The zero-order valence-electron chi connectivity index (χ0n) is 13.7. The lowest BCUT2D eigenvalue weighted by atomic mass is 10.2. The van der Waals surface area contributed by atoms with Crippen LogP contribution in [0.2, 0.25) is 0 Å². The molecule has 0 heterocycles. The minimum atomic E-state index is -0.335. The maximum absolute atomic E-state index is 13.5. The molecule has 126 valence electrons. The fraction of sp³-hybridized carbons (Fsp3) is 0.211. The molecule has 1 amide bonds. The highest BCUT2D eigenvalue weighted by molar-refractivity contribution is 5.91. The van der Waals surface area contributed by atoms with Gasteiger partial charge in [-0.1, -0.05) is 24.3 Å². The first-order valence-electron chi connectivity index (χ1n) is 7.64. The van der Waals surface area contributed by atoms with Gasteiger partial charge in [0.2, 0.25) is 5.91 Å². The minimum absolute atomic E-state index is 0.141. The average Bonchev–Trinajstić information content (AvgIpc) is 2.60. The van der Waals surface area contributed by atoms with Crippen LogP contribution in [0.25, 0.3) is 6.08 Å². The molecule has 0 aliphatic heterocycles. The number of rotatable bonds is 7. The largest absolute Gasteiger partial charge is 0.493 e. The molecule has 0 aliphatic carbocycles. The second-order valence-electron chi connectivity index (χ2n) is 4.99. The van der Waals surface area contributed by atoms with Crippen molar-refractivity contribution in [2.75, 3.05) is 13.7 Å². The van der Waals surface area contributed by atoms with E-state index in [2.05, 4.69) is 5.32 Å². The summed E-state index contributed by atoms with van der Waals surface area (Å²) in [5.74, 6) is 0.621. The summed E-state index contributed by atoms with van der Waals surface area (Å²) in [5.41, 5.74) is 1.25. The van der Waals surface area contributed by atoms with E-state index in [4.69, 9.17) is 9.47 Å². The fourth-order valence-corrected chi connectivity index (χ4v) is 2.12. The van der Waals surface area contributed by atoms with E-state index in [0.29, 0.717) is 23.7 Å². The van der Waals surface area contributed by atoms with Gasteiger partial charge in [-0.25, -0.2) is 4.39 Å². The number of benzene rings is 2. The van der Waals surface area contributed by atoms with Gasteiger partial charge in [0.05, 0.1) is 13.7 Å². The van der Waals surface area contributed by atoms with Crippen molar-refractivity contribution in [3.63, 3.8) is 0 Å². The number of carbonyl (C=O) groups excluding carboxylic acids is 1. The predicted molar refractivity (Wildman–Crippen MR) is 91.4 cm³/mol. The van der Waals surface area contributed by atoms with Crippen molar-refractivity contribution in [1.82, 2.24) is 5.32 Å². The number of hydrogen-bond acceptors (Lipinski definition) is 3. The van der Waals surface area contributed by atoms with E-state index in [0.717, 1.165) is 5.56 Å². The summed E-state index contributed by atoms with van der Waals surface area (Å²) in [5, 5.41) is 2.65. The zero-order valence-corrected chi connectivity index (χ0v) is 13.7. The second-order valence-corrected chi connectivity index (χ2v) is 4.99. The molecule has 4 nitrogen and oxygen atoms in total. The summed E-state index contributed by atoms with van der Waals surface area (Å²) in [4.78, 5) is 11.8. The van der Waals surface area contributed by atoms with Gasteiger partial charge in [-0.15, -0.1) is 0 Å². The molecular weight excluding hydrogens is 309 g/mol. The zero-order chi connectivity index (χ0) is 17.4. The molecule has 0 unspecified atom stereocenters. The molecule has 0 bridgehead atoms. The summed E-state index contributed by atoms with van der Waals surface area (Å²) < 4.78 is 24.2. The number of methoxy groups -OCH3 is 1. The maximum atomic E-state index is 13.5. The predicted octanol–water partition coefficient (Wildman–Crippen LogP) is 3.56. The van der Waals surface area contributed by atoms with Crippen LogP contribution in [0.3, 0.4) is 0 Å². The van der Waals surface area contributed by atoms with E-state index in [1.54, 1.807) is 43.5 Å². The number of carbonyl (C=O) groups is 1. The molecule has 2 aromatic rings. The molecule has 0 fully saturated rings. The monoisotopic (exact) mass is 329 g/mol. The Hall–Kier alpha value is -2.82. The van der Waals surface area contributed by atoms with Gasteiger partial charge in [0.1, 0.15) is 5.82 Å². The minimum Gasteiger partial charge on any atom is -0.493 e. The second kappa shape index (κ2) is 8.72. The van der Waals surface area contributed by atoms with Gasteiger partial charge >= 0.3 is 0 Å². The van der Waals surface area contributed by atoms with Gasteiger partial charge in [0.25, 0.3) is 0 Å². The van der Waals surface area contributed by atoms with Crippen molar-refractivity contribution in [2.45, 2.75) is 13.5 Å². The Morgan fingerprint density at radius 2 is 2.00 bits per heavy atom. The molecular formula is C19H20FNO3. The van der Waals surface area contributed by atoms with E-state index in [-0.39, 0.29) is 18.3 Å². The van der Waals surface area contributed by atoms with Gasteiger partial charge in [0.15, 0.2) is 11.5 Å². The molecule has 0 atom stereocenters. The third-order valence-corrected chi connectivity index (χ3v) is 3.33. The van der Waals surface area contributed by atoms with E-state index in [9.17, 15) is 9.18 Å². The van der Waals surface area contributed by atoms with E-state index < -0.39 is 0 Å². The lowest BCUT2D eigenvalue weighted by Gasteiger charge is -2.09. The molecule has 0 aliphatic rings. The molecule has 0 aromatic heterocycles. The Balaban J connectivity index is 1.97. The van der Waals surface area contributed by atoms with Crippen molar-refractivity contribution in [2.24, 2.45) is 0 Å². The van der Waals surface area contributed by atoms with Gasteiger partial charge in [-0.2, -0.15) is 0 Å². The number of hydrogen-bond donors (Lipinski definition) is 1. The molecule has 2 aromatic carbocycles. The molecule has 0 radical (unpaired) electrons. The third-order valence-electron chi connectivity index (χ3n) is 3.33. The molecule has 0 spiro atoms. The molecule has 2 rings (SSSR count). The van der Waals surface area contributed by atoms with Crippen LogP contribution in [-0.4, -0.2) is 19.6 Å². The van der Waals surface area contributed by atoms with Crippen molar-refractivity contribution < 1.29 is 18.7 Å². The Morgan fingerprint density at radius 3 is 2.71 bits per heavy atom. The lowest BCUT2D eigenvalue weighted by molar-refractivity contribution is -0.116. The summed E-state index contributed by atoms with van der Waals surface area (Å²) in [6, 6.07) is 11.7. The summed E-state index contributed by atoms with van der Waals surface area (Å²) in [7, 11) is 1.56. The van der Waals surface area contributed by atoms with Gasteiger partial charge in [0, 0.05) is 18.2 Å². The highest BCUT2D eigenvalue weighted by Gasteiger charge is 2.05. The number of nitrogens with one attached hydrogen (secondary N) is 1. The lowest BCUT2D eigenvalue weighted by Crippen LogP contribution is -2.20. The topological polar surface area (TPSA) is 47.6 Å². The summed E-state index contributed by atoms with van der Waals surface area (Å²) in [6.45, 7) is 2.58. The Kier molecular flexibility index (Phi) is 6.37.